The van der Waals surface area contributed by atoms with Crippen LogP contribution >= 0.6 is 27.5 Å². The summed E-state index contributed by atoms with van der Waals surface area (Å²) in [6, 6.07) is 3.31. The van der Waals surface area contributed by atoms with Crippen molar-refractivity contribution in [1.29, 1.82) is 0 Å². The van der Waals surface area contributed by atoms with E-state index in [2.05, 4.69) is 31.2 Å². The number of halogens is 5. The van der Waals surface area contributed by atoms with E-state index in [-0.39, 0.29) is 11.0 Å². The molecule has 0 unspecified atom stereocenters. The standard InChI is InChI=1S/C11H6BrClF3N3/c12-7-3-8(5-17-4-7)18-10-2-6(11(14,15)16)1-9(13)19-10/h1-5H,(H,18,19). The van der Waals surface area contributed by atoms with Gasteiger partial charge in [-0.25, -0.2) is 4.98 Å². The third kappa shape index (κ3) is 3.81. The number of nitrogens with one attached hydrogen (secondary N) is 1. The first-order chi connectivity index (χ1) is 8.84. The Bertz CT molecular complexity index is 604. The van der Waals surface area contributed by atoms with Gasteiger partial charge in [0.2, 0.25) is 0 Å². The van der Waals surface area contributed by atoms with Gasteiger partial charge in [-0.15, -0.1) is 0 Å². The minimum Gasteiger partial charge on any atom is -0.339 e. The van der Waals surface area contributed by atoms with Gasteiger partial charge in [-0.3, -0.25) is 4.98 Å². The van der Waals surface area contributed by atoms with Crippen LogP contribution in [0.4, 0.5) is 24.7 Å². The summed E-state index contributed by atoms with van der Waals surface area (Å²) < 4.78 is 38.5. The second kappa shape index (κ2) is 5.34. The van der Waals surface area contributed by atoms with Crippen molar-refractivity contribution in [3.8, 4) is 0 Å². The monoisotopic (exact) mass is 351 g/mol. The second-order valence-corrected chi connectivity index (χ2v) is 4.88. The molecule has 19 heavy (non-hydrogen) atoms. The van der Waals surface area contributed by atoms with Gasteiger partial charge < -0.3 is 5.32 Å². The van der Waals surface area contributed by atoms with Crippen molar-refractivity contribution in [2.75, 3.05) is 5.32 Å². The zero-order valence-corrected chi connectivity index (χ0v) is 11.5. The fraction of sp³-hybridized carbons (Fsp3) is 0.0909. The summed E-state index contributed by atoms with van der Waals surface area (Å²) in [7, 11) is 0. The highest BCUT2D eigenvalue weighted by molar-refractivity contribution is 9.10. The second-order valence-electron chi connectivity index (χ2n) is 3.58. The van der Waals surface area contributed by atoms with Crippen molar-refractivity contribution < 1.29 is 13.2 Å². The Labute approximate surface area is 120 Å². The van der Waals surface area contributed by atoms with Crippen LogP contribution in [0.5, 0.6) is 0 Å². The predicted molar refractivity (Wildman–Crippen MR) is 69.5 cm³/mol. The van der Waals surface area contributed by atoms with E-state index in [1.807, 2.05) is 0 Å². The molecule has 1 N–H and O–H groups in total. The Balaban J connectivity index is 2.33. The topological polar surface area (TPSA) is 37.8 Å². The molecule has 3 nitrogen and oxygen atoms in total. The van der Waals surface area contributed by atoms with Crippen molar-refractivity contribution in [2.24, 2.45) is 0 Å². The van der Waals surface area contributed by atoms with E-state index in [9.17, 15) is 13.2 Å². The molecule has 0 saturated carbocycles. The first kappa shape index (κ1) is 14.1. The summed E-state index contributed by atoms with van der Waals surface area (Å²) >= 11 is 8.78. The summed E-state index contributed by atoms with van der Waals surface area (Å²) in [5, 5.41) is 2.47. The highest BCUT2D eigenvalue weighted by atomic mass is 79.9. The highest BCUT2D eigenvalue weighted by Gasteiger charge is 2.31. The first-order valence-electron chi connectivity index (χ1n) is 4.97. The highest BCUT2D eigenvalue weighted by Crippen LogP contribution is 2.32. The van der Waals surface area contributed by atoms with Crippen molar-refractivity contribution in [1.82, 2.24) is 9.97 Å². The number of pyridine rings is 2. The predicted octanol–water partition coefficient (Wildman–Crippen LogP) is 4.65. The lowest BCUT2D eigenvalue weighted by atomic mass is 10.2. The van der Waals surface area contributed by atoms with Gasteiger partial charge in [-0.05, 0) is 34.1 Å². The largest absolute Gasteiger partial charge is 0.416 e. The normalized spacial score (nSPS) is 11.4. The van der Waals surface area contributed by atoms with Gasteiger partial charge in [0.1, 0.15) is 11.0 Å². The molecule has 8 heteroatoms. The van der Waals surface area contributed by atoms with Crippen molar-refractivity contribution in [2.45, 2.75) is 6.18 Å². The molecule has 0 aliphatic carbocycles. The van der Waals surface area contributed by atoms with E-state index in [1.165, 1.54) is 6.20 Å². The summed E-state index contributed by atoms with van der Waals surface area (Å²) in [4.78, 5) is 7.67. The molecule has 2 aromatic rings. The quantitative estimate of drug-likeness (QED) is 0.799. The molecule has 0 aromatic carbocycles. The van der Waals surface area contributed by atoms with Crippen LogP contribution in [0.1, 0.15) is 5.56 Å². The fourth-order valence-electron chi connectivity index (χ4n) is 1.35. The summed E-state index contributed by atoms with van der Waals surface area (Å²) in [6.07, 6.45) is -1.46. The number of anilines is 2. The van der Waals surface area contributed by atoms with E-state index in [1.54, 1.807) is 12.3 Å². The molecule has 0 amide bonds. The third-order valence-electron chi connectivity index (χ3n) is 2.10. The maximum absolute atomic E-state index is 12.6. The Kier molecular flexibility index (Phi) is 3.96. The average Bonchev–Trinajstić information content (AvgIpc) is 2.26. The third-order valence-corrected chi connectivity index (χ3v) is 2.73. The van der Waals surface area contributed by atoms with Gasteiger partial charge in [0.25, 0.3) is 0 Å². The number of nitrogens with zero attached hydrogens (tertiary/aromatic N) is 2. The van der Waals surface area contributed by atoms with Gasteiger partial charge in [-0.2, -0.15) is 13.2 Å². The van der Waals surface area contributed by atoms with Crippen LogP contribution in [0.2, 0.25) is 5.15 Å². The van der Waals surface area contributed by atoms with Gasteiger partial charge in [0.05, 0.1) is 17.4 Å². The van der Waals surface area contributed by atoms with Crippen LogP contribution in [0, 0.1) is 0 Å². The lowest BCUT2D eigenvalue weighted by Gasteiger charge is -2.10. The summed E-state index contributed by atoms with van der Waals surface area (Å²) in [6.45, 7) is 0. The van der Waals surface area contributed by atoms with Crippen LogP contribution in [0.3, 0.4) is 0 Å². The smallest absolute Gasteiger partial charge is 0.339 e. The average molecular weight is 353 g/mol. The van der Waals surface area contributed by atoms with Crippen LogP contribution in [-0.2, 0) is 6.18 Å². The molecule has 2 aromatic heterocycles. The minimum absolute atomic E-state index is 0.000255. The molecule has 0 saturated heterocycles. The first-order valence-corrected chi connectivity index (χ1v) is 6.14. The summed E-state index contributed by atoms with van der Waals surface area (Å²) in [5.74, 6) is -0.000255. The maximum atomic E-state index is 12.6. The van der Waals surface area contributed by atoms with Gasteiger partial charge in [0.15, 0.2) is 0 Å². The van der Waals surface area contributed by atoms with Crippen LogP contribution in [0.15, 0.2) is 35.1 Å². The zero-order valence-electron chi connectivity index (χ0n) is 9.17. The van der Waals surface area contributed by atoms with Gasteiger partial charge >= 0.3 is 6.18 Å². The molecule has 100 valence electrons. The summed E-state index contributed by atoms with van der Waals surface area (Å²) in [5.41, 5.74) is -0.366. The van der Waals surface area contributed by atoms with Crippen molar-refractivity contribution >= 4 is 39.0 Å². The number of aromatic nitrogens is 2. The molecular formula is C11H6BrClF3N3. The Morgan fingerprint density at radius 1 is 1.16 bits per heavy atom. The molecule has 2 heterocycles. The zero-order chi connectivity index (χ0) is 14.0. The Hall–Kier alpha value is -1.34. The van der Waals surface area contributed by atoms with E-state index < -0.39 is 11.7 Å². The number of hydrogen-bond donors (Lipinski definition) is 1. The Morgan fingerprint density at radius 2 is 1.89 bits per heavy atom. The van der Waals surface area contributed by atoms with Crippen LogP contribution in [0.25, 0.3) is 0 Å². The van der Waals surface area contributed by atoms with Crippen LogP contribution < -0.4 is 5.32 Å². The number of rotatable bonds is 2. The van der Waals surface area contributed by atoms with E-state index >= 15 is 0 Å². The van der Waals surface area contributed by atoms with Gasteiger partial charge in [0, 0.05) is 10.7 Å². The minimum atomic E-state index is -4.47. The molecule has 0 bridgehead atoms. The molecule has 0 spiro atoms. The Morgan fingerprint density at radius 3 is 2.53 bits per heavy atom. The molecule has 0 aliphatic rings. The molecule has 0 aliphatic heterocycles. The number of alkyl halides is 3. The lowest BCUT2D eigenvalue weighted by Crippen LogP contribution is -2.06. The van der Waals surface area contributed by atoms with Crippen molar-refractivity contribution in [3.05, 3.63) is 45.8 Å². The van der Waals surface area contributed by atoms with Gasteiger partial charge in [-0.1, -0.05) is 11.6 Å². The van der Waals surface area contributed by atoms with E-state index in [0.717, 1.165) is 12.1 Å². The number of hydrogen-bond acceptors (Lipinski definition) is 3. The lowest BCUT2D eigenvalue weighted by molar-refractivity contribution is -0.137. The van der Waals surface area contributed by atoms with E-state index in [0.29, 0.717) is 10.2 Å². The van der Waals surface area contributed by atoms with Crippen molar-refractivity contribution in [3.63, 3.8) is 0 Å². The molecule has 0 radical (unpaired) electrons. The molecule has 0 atom stereocenters. The molecule has 2 rings (SSSR count). The SMILES string of the molecule is FC(F)(F)c1cc(Cl)nc(Nc2cncc(Br)c2)c1. The van der Waals surface area contributed by atoms with E-state index in [4.69, 9.17) is 11.6 Å². The molecule has 0 fully saturated rings. The molecular weight excluding hydrogens is 346 g/mol. The maximum Gasteiger partial charge on any atom is 0.416 e. The fourth-order valence-corrected chi connectivity index (χ4v) is 1.93. The van der Waals surface area contributed by atoms with Crippen LogP contribution in [-0.4, -0.2) is 9.97 Å².